The molecular weight excluding hydrogens is 428 g/mol. The molecule has 0 aliphatic rings. The average molecular weight is 463 g/mol. The highest BCUT2D eigenvalue weighted by Gasteiger charge is 2.18. The fourth-order valence-electron chi connectivity index (χ4n) is 4.44. The largest absolute Gasteiger partial charge is 0.378 e. The van der Waals surface area contributed by atoms with Crippen molar-refractivity contribution < 1.29 is 4.79 Å². The number of hydrogen-bond donors (Lipinski definition) is 0. The van der Waals surface area contributed by atoms with Crippen molar-refractivity contribution in [1.29, 1.82) is 0 Å². The van der Waals surface area contributed by atoms with Crippen molar-refractivity contribution in [3.8, 4) is 0 Å². The van der Waals surface area contributed by atoms with Crippen LogP contribution in [0, 0.1) is 6.92 Å². The van der Waals surface area contributed by atoms with Crippen LogP contribution in [-0.2, 0) is 6.42 Å². The summed E-state index contributed by atoms with van der Waals surface area (Å²) in [4.78, 5) is 17.0. The minimum Gasteiger partial charge on any atom is -0.378 e. The molecule has 3 nitrogen and oxygen atoms in total. The van der Waals surface area contributed by atoms with Crippen molar-refractivity contribution >= 4 is 17.2 Å². The summed E-state index contributed by atoms with van der Waals surface area (Å²) in [7, 11) is 8.24. The second-order valence-electron chi connectivity index (χ2n) is 9.62. The fraction of sp³-hybridized carbons (Fsp3) is 0.219. The van der Waals surface area contributed by atoms with Crippen LogP contribution < -0.4 is 9.80 Å². The molecule has 0 aliphatic carbocycles. The van der Waals surface area contributed by atoms with E-state index in [9.17, 15) is 4.79 Å². The van der Waals surface area contributed by atoms with Gasteiger partial charge in [-0.05, 0) is 59.5 Å². The van der Waals surface area contributed by atoms with Crippen LogP contribution in [-0.4, -0.2) is 34.0 Å². The third-order valence-electron chi connectivity index (χ3n) is 6.50. The maximum Gasteiger partial charge on any atom is 0.167 e. The zero-order chi connectivity index (χ0) is 24.9. The van der Waals surface area contributed by atoms with Gasteiger partial charge in [-0.1, -0.05) is 72.3 Å². The van der Waals surface area contributed by atoms with Gasteiger partial charge in [0, 0.05) is 57.5 Å². The lowest BCUT2D eigenvalue weighted by Crippen LogP contribution is -2.10. The van der Waals surface area contributed by atoms with Crippen LogP contribution in [0.3, 0.4) is 0 Å². The number of anilines is 2. The van der Waals surface area contributed by atoms with E-state index in [4.69, 9.17) is 0 Å². The van der Waals surface area contributed by atoms with E-state index in [1.54, 1.807) is 0 Å². The molecule has 0 unspecified atom stereocenters. The molecule has 4 rings (SSSR count). The van der Waals surface area contributed by atoms with Gasteiger partial charge in [-0.25, -0.2) is 0 Å². The molecule has 4 aromatic rings. The van der Waals surface area contributed by atoms with Gasteiger partial charge in [0.15, 0.2) is 5.78 Å². The Balaban J connectivity index is 1.64. The van der Waals surface area contributed by atoms with Crippen molar-refractivity contribution in [2.24, 2.45) is 0 Å². The van der Waals surface area contributed by atoms with Crippen LogP contribution in [0.1, 0.15) is 44.1 Å². The summed E-state index contributed by atoms with van der Waals surface area (Å²) in [6.07, 6.45) is 0.406. The standard InChI is InChI=1S/C32H34N2O/c1-23-7-6-8-28(21-23)31(35)22-24-9-11-25(12-10-24)32(26-13-17-29(18-14-26)33(2)3)27-15-19-30(20-16-27)34(4)5/h6-21,32H,22H2,1-5H3. The van der Waals surface area contributed by atoms with Gasteiger partial charge in [0.1, 0.15) is 0 Å². The molecule has 178 valence electrons. The lowest BCUT2D eigenvalue weighted by atomic mass is 9.84. The summed E-state index contributed by atoms with van der Waals surface area (Å²) in [5.41, 5.74) is 8.98. The molecule has 0 spiro atoms. The summed E-state index contributed by atoms with van der Waals surface area (Å²) in [6.45, 7) is 2.02. The average Bonchev–Trinajstić information content (AvgIpc) is 2.86. The number of carbonyl (C=O) groups excluding carboxylic acids is 1. The smallest absolute Gasteiger partial charge is 0.167 e. The second kappa shape index (κ2) is 10.6. The van der Waals surface area contributed by atoms with Gasteiger partial charge in [0.25, 0.3) is 0 Å². The van der Waals surface area contributed by atoms with E-state index in [1.165, 1.54) is 28.1 Å². The first kappa shape index (κ1) is 24.3. The minimum atomic E-state index is 0.115. The van der Waals surface area contributed by atoms with E-state index < -0.39 is 0 Å². The molecule has 35 heavy (non-hydrogen) atoms. The van der Waals surface area contributed by atoms with Crippen LogP contribution in [0.25, 0.3) is 0 Å². The first-order chi connectivity index (χ1) is 16.8. The highest BCUT2D eigenvalue weighted by Crippen LogP contribution is 2.34. The Morgan fingerprint density at radius 2 is 1.11 bits per heavy atom. The maximum atomic E-state index is 12.8. The van der Waals surface area contributed by atoms with E-state index in [1.807, 2.05) is 31.2 Å². The Morgan fingerprint density at radius 3 is 1.54 bits per heavy atom. The zero-order valence-corrected chi connectivity index (χ0v) is 21.3. The van der Waals surface area contributed by atoms with E-state index in [-0.39, 0.29) is 11.7 Å². The van der Waals surface area contributed by atoms with Gasteiger partial charge in [-0.2, -0.15) is 0 Å². The summed E-state index contributed by atoms with van der Waals surface area (Å²) in [5, 5.41) is 0. The number of nitrogens with zero attached hydrogens (tertiary/aromatic N) is 2. The topological polar surface area (TPSA) is 23.6 Å². The molecular formula is C32H34N2O. The summed E-state index contributed by atoms with van der Waals surface area (Å²) in [5.74, 6) is 0.264. The van der Waals surface area contributed by atoms with Crippen LogP contribution in [0.15, 0.2) is 97.1 Å². The number of ketones is 1. The predicted octanol–water partition coefficient (Wildman–Crippen LogP) is 6.73. The van der Waals surface area contributed by atoms with Crippen molar-refractivity contribution in [1.82, 2.24) is 0 Å². The van der Waals surface area contributed by atoms with Gasteiger partial charge < -0.3 is 9.80 Å². The van der Waals surface area contributed by atoms with Crippen molar-refractivity contribution in [2.75, 3.05) is 38.0 Å². The van der Waals surface area contributed by atoms with Gasteiger partial charge in [0.2, 0.25) is 0 Å². The van der Waals surface area contributed by atoms with Crippen molar-refractivity contribution in [2.45, 2.75) is 19.3 Å². The van der Waals surface area contributed by atoms with Crippen LogP contribution in [0.5, 0.6) is 0 Å². The predicted molar refractivity (Wildman–Crippen MR) is 148 cm³/mol. The number of rotatable bonds is 8. The molecule has 0 saturated heterocycles. The fourth-order valence-corrected chi connectivity index (χ4v) is 4.44. The monoisotopic (exact) mass is 462 g/mol. The molecule has 0 amide bonds. The Hall–Kier alpha value is -3.85. The normalized spacial score (nSPS) is 10.9. The molecule has 0 fully saturated rings. The summed E-state index contributed by atoms with van der Waals surface area (Å²) in [6, 6.07) is 33.9. The maximum absolute atomic E-state index is 12.8. The minimum absolute atomic E-state index is 0.115. The van der Waals surface area contributed by atoms with Gasteiger partial charge in [-0.15, -0.1) is 0 Å². The molecule has 0 heterocycles. The molecule has 0 aromatic heterocycles. The van der Waals surface area contributed by atoms with Gasteiger partial charge >= 0.3 is 0 Å². The van der Waals surface area contributed by atoms with E-state index in [2.05, 4.69) is 111 Å². The third kappa shape index (κ3) is 5.81. The summed E-state index contributed by atoms with van der Waals surface area (Å²) < 4.78 is 0. The molecule has 3 heteroatoms. The first-order valence-electron chi connectivity index (χ1n) is 12.0. The van der Waals surface area contributed by atoms with E-state index >= 15 is 0 Å². The number of Topliss-reactive ketones (excluding diaryl/α,β-unsaturated/α-hetero) is 1. The zero-order valence-electron chi connectivity index (χ0n) is 21.3. The van der Waals surface area contributed by atoms with Gasteiger partial charge in [0.05, 0.1) is 0 Å². The highest BCUT2D eigenvalue weighted by molar-refractivity contribution is 5.97. The van der Waals surface area contributed by atoms with Crippen molar-refractivity contribution in [3.63, 3.8) is 0 Å². The first-order valence-corrected chi connectivity index (χ1v) is 12.0. The highest BCUT2D eigenvalue weighted by atomic mass is 16.1. The van der Waals surface area contributed by atoms with Crippen LogP contribution >= 0.6 is 0 Å². The lowest BCUT2D eigenvalue weighted by Gasteiger charge is -2.22. The lowest BCUT2D eigenvalue weighted by molar-refractivity contribution is 0.0993. The molecule has 0 N–H and O–H groups in total. The number of hydrogen-bond acceptors (Lipinski definition) is 3. The van der Waals surface area contributed by atoms with Crippen LogP contribution in [0.2, 0.25) is 0 Å². The Morgan fingerprint density at radius 1 is 0.657 bits per heavy atom. The number of carbonyl (C=O) groups is 1. The number of aryl methyl sites for hydroxylation is 1. The quantitative estimate of drug-likeness (QED) is 0.214. The molecule has 0 bridgehead atoms. The van der Waals surface area contributed by atoms with E-state index in [0.717, 1.165) is 16.7 Å². The SMILES string of the molecule is Cc1cccc(C(=O)Cc2ccc(C(c3ccc(N(C)C)cc3)c3ccc(N(C)C)cc3)cc2)c1. The molecule has 0 aliphatic heterocycles. The molecule has 0 saturated carbocycles. The Bertz CT molecular complexity index is 1220. The Kier molecular flexibility index (Phi) is 7.36. The molecule has 0 radical (unpaired) electrons. The molecule has 4 aromatic carbocycles. The Labute approximate surface area is 209 Å². The summed E-state index contributed by atoms with van der Waals surface area (Å²) >= 11 is 0. The van der Waals surface area contributed by atoms with Crippen LogP contribution in [0.4, 0.5) is 11.4 Å². The third-order valence-corrected chi connectivity index (χ3v) is 6.50. The molecule has 0 atom stereocenters. The van der Waals surface area contributed by atoms with E-state index in [0.29, 0.717) is 6.42 Å². The number of benzene rings is 4. The van der Waals surface area contributed by atoms with Crippen molar-refractivity contribution in [3.05, 3.63) is 130 Å². The second-order valence-corrected chi connectivity index (χ2v) is 9.62. The van der Waals surface area contributed by atoms with Gasteiger partial charge in [-0.3, -0.25) is 4.79 Å².